The number of ether oxygens (including phenoxy) is 2. The Labute approximate surface area is 152 Å². The van der Waals surface area contributed by atoms with Crippen molar-refractivity contribution in [2.45, 2.75) is 37.6 Å². The van der Waals surface area contributed by atoms with E-state index in [0.717, 1.165) is 31.2 Å². The minimum absolute atomic E-state index is 0. The van der Waals surface area contributed by atoms with Gasteiger partial charge >= 0.3 is 0 Å². The predicted molar refractivity (Wildman–Crippen MR) is 94.3 cm³/mol. The summed E-state index contributed by atoms with van der Waals surface area (Å²) in [6.07, 6.45) is 4.06. The van der Waals surface area contributed by atoms with Gasteiger partial charge in [0, 0.05) is 17.5 Å². The van der Waals surface area contributed by atoms with Crippen molar-refractivity contribution in [2.75, 3.05) is 14.2 Å². The van der Waals surface area contributed by atoms with Crippen molar-refractivity contribution in [2.24, 2.45) is 5.73 Å². The molecule has 3 rings (SSSR count). The molecular weight excluding hydrogens is 353 g/mol. The van der Waals surface area contributed by atoms with Crippen LogP contribution in [0.2, 0.25) is 5.02 Å². The molecule has 1 heterocycles. The van der Waals surface area contributed by atoms with Crippen LogP contribution in [0, 0.1) is 0 Å². The second-order valence-corrected chi connectivity index (χ2v) is 6.18. The third kappa shape index (κ3) is 3.77. The molecule has 8 heteroatoms. The average Bonchev–Trinajstić information content (AvgIpc) is 3.04. The smallest absolute Gasteiger partial charge is 0.230 e. The van der Waals surface area contributed by atoms with Gasteiger partial charge in [-0.2, -0.15) is 4.98 Å². The second-order valence-electron chi connectivity index (χ2n) is 5.77. The van der Waals surface area contributed by atoms with Gasteiger partial charge in [-0.15, -0.1) is 12.4 Å². The van der Waals surface area contributed by atoms with E-state index in [1.807, 2.05) is 0 Å². The zero-order valence-electron chi connectivity index (χ0n) is 13.6. The van der Waals surface area contributed by atoms with Crippen LogP contribution in [-0.4, -0.2) is 30.4 Å². The predicted octanol–water partition coefficient (Wildman–Crippen LogP) is 3.81. The maximum Gasteiger partial charge on any atom is 0.230 e. The molecule has 1 saturated carbocycles. The summed E-state index contributed by atoms with van der Waals surface area (Å²) in [4.78, 5) is 4.52. The highest BCUT2D eigenvalue weighted by Crippen LogP contribution is 2.39. The number of nitrogens with two attached hydrogens (primary N) is 1. The minimum atomic E-state index is 0. The summed E-state index contributed by atoms with van der Waals surface area (Å²) >= 11 is 6.23. The van der Waals surface area contributed by atoms with Crippen molar-refractivity contribution in [3.63, 3.8) is 0 Å². The Morgan fingerprint density at radius 1 is 1.25 bits per heavy atom. The average molecular weight is 374 g/mol. The van der Waals surface area contributed by atoms with Crippen molar-refractivity contribution in [1.29, 1.82) is 0 Å². The molecule has 1 aliphatic rings. The number of halogens is 2. The van der Waals surface area contributed by atoms with E-state index in [0.29, 0.717) is 28.2 Å². The van der Waals surface area contributed by atoms with E-state index >= 15 is 0 Å². The van der Waals surface area contributed by atoms with Crippen LogP contribution in [0.5, 0.6) is 11.5 Å². The van der Waals surface area contributed by atoms with Gasteiger partial charge in [0.2, 0.25) is 11.7 Å². The van der Waals surface area contributed by atoms with Crippen LogP contribution in [0.25, 0.3) is 11.4 Å². The molecule has 6 nitrogen and oxygen atoms in total. The summed E-state index contributed by atoms with van der Waals surface area (Å²) in [7, 11) is 3.10. The third-order valence-electron chi connectivity index (χ3n) is 4.20. The molecule has 2 unspecified atom stereocenters. The van der Waals surface area contributed by atoms with Crippen LogP contribution in [-0.2, 0) is 0 Å². The zero-order chi connectivity index (χ0) is 16.4. The molecule has 1 aromatic heterocycles. The number of hydrogen-bond acceptors (Lipinski definition) is 6. The number of benzene rings is 1. The molecule has 2 N–H and O–H groups in total. The van der Waals surface area contributed by atoms with Gasteiger partial charge in [-0.1, -0.05) is 23.2 Å². The standard InChI is InChI=1S/C16H20ClN3O3.ClH/c1-21-13-8-10(7-12(17)14(13)22-2)15-19-16(23-20-15)9-4-3-5-11(18)6-9;/h7-9,11H,3-6,18H2,1-2H3;1H. The lowest BCUT2D eigenvalue weighted by Gasteiger charge is -2.23. The summed E-state index contributed by atoms with van der Waals surface area (Å²) < 4.78 is 16.0. The number of nitrogens with zero attached hydrogens (tertiary/aromatic N) is 2. The lowest BCUT2D eigenvalue weighted by molar-refractivity contribution is 0.299. The lowest BCUT2D eigenvalue weighted by Crippen LogP contribution is -2.26. The van der Waals surface area contributed by atoms with Crippen molar-refractivity contribution in [3.05, 3.63) is 23.0 Å². The van der Waals surface area contributed by atoms with E-state index in [9.17, 15) is 0 Å². The van der Waals surface area contributed by atoms with Crippen molar-refractivity contribution < 1.29 is 14.0 Å². The van der Waals surface area contributed by atoms with Gasteiger partial charge in [0.25, 0.3) is 0 Å². The molecule has 1 fully saturated rings. The van der Waals surface area contributed by atoms with Crippen LogP contribution in [0.3, 0.4) is 0 Å². The molecule has 2 atom stereocenters. The van der Waals surface area contributed by atoms with E-state index < -0.39 is 0 Å². The zero-order valence-corrected chi connectivity index (χ0v) is 15.2. The number of rotatable bonds is 4. The molecule has 0 amide bonds. The highest BCUT2D eigenvalue weighted by molar-refractivity contribution is 6.32. The summed E-state index contributed by atoms with van der Waals surface area (Å²) in [5, 5.41) is 4.51. The van der Waals surface area contributed by atoms with Crippen molar-refractivity contribution in [1.82, 2.24) is 10.1 Å². The summed E-state index contributed by atoms with van der Waals surface area (Å²) in [6, 6.07) is 3.73. The fraction of sp³-hybridized carbons (Fsp3) is 0.500. The number of hydrogen-bond donors (Lipinski definition) is 1. The Bertz CT molecular complexity index is 693. The Kier molecular flexibility index (Phi) is 6.32. The van der Waals surface area contributed by atoms with Gasteiger partial charge in [0.15, 0.2) is 11.5 Å². The summed E-state index contributed by atoms with van der Waals surface area (Å²) in [5.74, 6) is 2.37. The molecule has 0 aliphatic heterocycles. The van der Waals surface area contributed by atoms with E-state index in [2.05, 4.69) is 10.1 Å². The SMILES string of the molecule is COc1cc(-c2noc(C3CCCC(N)C3)n2)cc(Cl)c1OC.Cl. The van der Waals surface area contributed by atoms with E-state index in [-0.39, 0.29) is 24.4 Å². The molecular formula is C16H21Cl2N3O3. The molecule has 1 aliphatic carbocycles. The van der Waals surface area contributed by atoms with Crippen LogP contribution < -0.4 is 15.2 Å². The van der Waals surface area contributed by atoms with E-state index in [1.54, 1.807) is 26.4 Å². The van der Waals surface area contributed by atoms with Crippen molar-refractivity contribution in [3.8, 4) is 22.9 Å². The molecule has 0 saturated heterocycles. The van der Waals surface area contributed by atoms with Crippen LogP contribution in [0.15, 0.2) is 16.7 Å². The van der Waals surface area contributed by atoms with Gasteiger partial charge in [-0.05, 0) is 31.4 Å². The third-order valence-corrected chi connectivity index (χ3v) is 4.48. The summed E-state index contributed by atoms with van der Waals surface area (Å²) in [5.41, 5.74) is 6.76. The Morgan fingerprint density at radius 2 is 2.04 bits per heavy atom. The van der Waals surface area contributed by atoms with Gasteiger partial charge < -0.3 is 19.7 Å². The normalized spacial score (nSPS) is 20.3. The minimum Gasteiger partial charge on any atom is -0.493 e. The monoisotopic (exact) mass is 373 g/mol. The molecule has 0 spiro atoms. The van der Waals surface area contributed by atoms with E-state index in [4.69, 9.17) is 31.3 Å². The van der Waals surface area contributed by atoms with Gasteiger partial charge in [0.05, 0.1) is 19.2 Å². The number of methoxy groups -OCH3 is 2. The first-order valence-electron chi connectivity index (χ1n) is 7.63. The van der Waals surface area contributed by atoms with Crippen molar-refractivity contribution >= 4 is 24.0 Å². The number of aromatic nitrogens is 2. The maximum absolute atomic E-state index is 6.23. The highest BCUT2D eigenvalue weighted by atomic mass is 35.5. The largest absolute Gasteiger partial charge is 0.493 e. The fourth-order valence-corrected chi connectivity index (χ4v) is 3.31. The first-order chi connectivity index (χ1) is 11.1. The summed E-state index contributed by atoms with van der Waals surface area (Å²) in [6.45, 7) is 0. The maximum atomic E-state index is 6.23. The molecule has 0 bridgehead atoms. The first kappa shape index (κ1) is 18.8. The van der Waals surface area contributed by atoms with Crippen LogP contribution in [0.4, 0.5) is 0 Å². The quantitative estimate of drug-likeness (QED) is 0.876. The van der Waals surface area contributed by atoms with Gasteiger partial charge in [-0.25, -0.2) is 0 Å². The lowest BCUT2D eigenvalue weighted by atomic mass is 9.86. The Morgan fingerprint density at radius 3 is 2.71 bits per heavy atom. The molecule has 2 aromatic rings. The van der Waals surface area contributed by atoms with Gasteiger partial charge in [0.1, 0.15) is 0 Å². The molecule has 24 heavy (non-hydrogen) atoms. The van der Waals surface area contributed by atoms with E-state index in [1.165, 1.54) is 0 Å². The molecule has 0 radical (unpaired) electrons. The molecule has 1 aromatic carbocycles. The van der Waals surface area contributed by atoms with Crippen LogP contribution in [0.1, 0.15) is 37.5 Å². The Hall–Kier alpha value is -1.50. The molecule has 132 valence electrons. The highest BCUT2D eigenvalue weighted by Gasteiger charge is 2.26. The second kappa shape index (κ2) is 8.05. The topological polar surface area (TPSA) is 83.4 Å². The van der Waals surface area contributed by atoms with Crippen LogP contribution >= 0.6 is 24.0 Å². The fourth-order valence-electron chi connectivity index (χ4n) is 3.02. The first-order valence-corrected chi connectivity index (χ1v) is 8.01. The Balaban J connectivity index is 0.00000208. The van der Waals surface area contributed by atoms with Gasteiger partial charge in [-0.3, -0.25) is 0 Å².